The van der Waals surface area contributed by atoms with Crippen LogP contribution in [-0.2, 0) is 4.79 Å². The van der Waals surface area contributed by atoms with Crippen LogP contribution in [0.4, 0.5) is 0 Å². The summed E-state index contributed by atoms with van der Waals surface area (Å²) < 4.78 is 0. The van der Waals surface area contributed by atoms with E-state index in [2.05, 4.69) is 0 Å². The Hall–Kier alpha value is -2.42. The van der Waals surface area contributed by atoms with Gasteiger partial charge < -0.3 is 5.11 Å². The quantitative estimate of drug-likeness (QED) is 0.834. The van der Waals surface area contributed by atoms with Gasteiger partial charge >= 0.3 is 5.97 Å². The largest absolute Gasteiger partial charge is 0.481 e. The summed E-state index contributed by atoms with van der Waals surface area (Å²) in [6.07, 6.45) is -0.0244. The number of hydrogen-bond donors (Lipinski definition) is 1. The van der Waals surface area contributed by atoms with Crippen molar-refractivity contribution in [3.05, 3.63) is 71.8 Å². The van der Waals surface area contributed by atoms with Gasteiger partial charge in [-0.2, -0.15) is 0 Å². The molecular formula is C16H14O3. The van der Waals surface area contributed by atoms with Crippen molar-refractivity contribution in [2.75, 3.05) is 0 Å². The van der Waals surface area contributed by atoms with Crippen LogP contribution in [0.3, 0.4) is 0 Å². The molecule has 2 aromatic rings. The molecule has 19 heavy (non-hydrogen) atoms. The van der Waals surface area contributed by atoms with Crippen LogP contribution in [-0.4, -0.2) is 16.9 Å². The van der Waals surface area contributed by atoms with Crippen molar-refractivity contribution in [1.82, 2.24) is 0 Å². The molecule has 1 N–H and O–H groups in total. The van der Waals surface area contributed by atoms with E-state index in [0.29, 0.717) is 11.1 Å². The summed E-state index contributed by atoms with van der Waals surface area (Å²) >= 11 is 0. The minimum atomic E-state index is -0.976. The monoisotopic (exact) mass is 254 g/mol. The lowest BCUT2D eigenvalue weighted by atomic mass is 9.92. The SMILES string of the molecule is O=C(CC(C(=O)O)c1ccccc1)c1ccccc1. The summed E-state index contributed by atoms with van der Waals surface area (Å²) in [6, 6.07) is 17.6. The van der Waals surface area contributed by atoms with Crippen LogP contribution in [0, 0.1) is 0 Å². The molecule has 0 bridgehead atoms. The summed E-state index contributed by atoms with van der Waals surface area (Å²) in [5, 5.41) is 9.27. The minimum Gasteiger partial charge on any atom is -0.481 e. The molecule has 0 aliphatic carbocycles. The molecule has 0 aromatic heterocycles. The van der Waals surface area contributed by atoms with E-state index in [0.717, 1.165) is 0 Å². The number of rotatable bonds is 5. The number of aliphatic carboxylic acids is 1. The maximum absolute atomic E-state index is 12.1. The van der Waals surface area contributed by atoms with Gasteiger partial charge in [0.25, 0.3) is 0 Å². The van der Waals surface area contributed by atoms with Gasteiger partial charge in [-0.05, 0) is 5.56 Å². The van der Waals surface area contributed by atoms with Gasteiger partial charge in [-0.25, -0.2) is 0 Å². The predicted molar refractivity (Wildman–Crippen MR) is 72.2 cm³/mol. The Morgan fingerprint density at radius 1 is 0.895 bits per heavy atom. The van der Waals surface area contributed by atoms with Crippen LogP contribution >= 0.6 is 0 Å². The lowest BCUT2D eigenvalue weighted by Gasteiger charge is -2.11. The molecule has 0 radical (unpaired) electrons. The first kappa shape index (κ1) is 13.0. The van der Waals surface area contributed by atoms with Crippen LogP contribution in [0.5, 0.6) is 0 Å². The Morgan fingerprint density at radius 3 is 1.95 bits per heavy atom. The molecule has 2 rings (SSSR count). The van der Waals surface area contributed by atoms with E-state index in [1.54, 1.807) is 48.5 Å². The van der Waals surface area contributed by atoms with Gasteiger partial charge in [-0.3, -0.25) is 9.59 Å². The van der Waals surface area contributed by atoms with Gasteiger partial charge in [-0.1, -0.05) is 60.7 Å². The Kier molecular flexibility index (Phi) is 4.08. The van der Waals surface area contributed by atoms with Crippen LogP contribution < -0.4 is 0 Å². The van der Waals surface area contributed by atoms with Crippen LogP contribution in [0.2, 0.25) is 0 Å². The Labute approximate surface area is 111 Å². The van der Waals surface area contributed by atoms with E-state index in [-0.39, 0.29) is 12.2 Å². The molecule has 1 atom stereocenters. The fourth-order valence-corrected chi connectivity index (χ4v) is 1.96. The topological polar surface area (TPSA) is 54.4 Å². The first-order chi connectivity index (χ1) is 9.18. The molecule has 0 saturated heterocycles. The van der Waals surface area contributed by atoms with Gasteiger partial charge in [0, 0.05) is 12.0 Å². The zero-order valence-corrected chi connectivity index (χ0v) is 10.3. The van der Waals surface area contributed by atoms with E-state index in [1.807, 2.05) is 12.1 Å². The van der Waals surface area contributed by atoms with Crippen molar-refractivity contribution in [2.24, 2.45) is 0 Å². The number of hydrogen-bond acceptors (Lipinski definition) is 2. The van der Waals surface area contributed by atoms with E-state index >= 15 is 0 Å². The third kappa shape index (κ3) is 3.28. The highest BCUT2D eigenvalue weighted by atomic mass is 16.4. The third-order valence-corrected chi connectivity index (χ3v) is 2.99. The standard InChI is InChI=1S/C16H14O3/c17-15(13-9-5-2-6-10-13)11-14(16(18)19)12-7-3-1-4-8-12/h1-10,14H,11H2,(H,18,19). The molecule has 1 unspecified atom stereocenters. The summed E-state index contributed by atoms with van der Waals surface area (Å²) in [6.45, 7) is 0. The summed E-state index contributed by atoms with van der Waals surface area (Å²) in [5.74, 6) is -1.93. The molecule has 0 aliphatic heterocycles. The summed E-state index contributed by atoms with van der Waals surface area (Å²) in [5.41, 5.74) is 1.20. The smallest absolute Gasteiger partial charge is 0.311 e. The van der Waals surface area contributed by atoms with E-state index < -0.39 is 11.9 Å². The van der Waals surface area contributed by atoms with Gasteiger partial charge in [0.2, 0.25) is 0 Å². The highest BCUT2D eigenvalue weighted by Gasteiger charge is 2.23. The van der Waals surface area contributed by atoms with Gasteiger partial charge in [0.15, 0.2) is 5.78 Å². The normalized spacial score (nSPS) is 11.8. The molecule has 0 fully saturated rings. The van der Waals surface area contributed by atoms with E-state index in [4.69, 9.17) is 0 Å². The van der Waals surface area contributed by atoms with Crippen molar-refractivity contribution >= 4 is 11.8 Å². The number of carboxylic acids is 1. The molecule has 3 nitrogen and oxygen atoms in total. The molecule has 2 aromatic carbocycles. The first-order valence-corrected chi connectivity index (χ1v) is 6.04. The van der Waals surface area contributed by atoms with Crippen LogP contribution in [0.15, 0.2) is 60.7 Å². The number of ketones is 1. The fraction of sp³-hybridized carbons (Fsp3) is 0.125. The van der Waals surface area contributed by atoms with Crippen molar-refractivity contribution in [3.8, 4) is 0 Å². The Morgan fingerprint density at radius 2 is 1.42 bits per heavy atom. The average molecular weight is 254 g/mol. The van der Waals surface area contributed by atoms with E-state index in [1.165, 1.54) is 0 Å². The molecule has 0 heterocycles. The fourth-order valence-electron chi connectivity index (χ4n) is 1.96. The molecule has 96 valence electrons. The number of carboxylic acid groups (broad SMARTS) is 1. The maximum atomic E-state index is 12.1. The van der Waals surface area contributed by atoms with Crippen molar-refractivity contribution < 1.29 is 14.7 Å². The number of carbonyl (C=O) groups excluding carboxylic acids is 1. The van der Waals surface area contributed by atoms with Crippen molar-refractivity contribution in [3.63, 3.8) is 0 Å². The first-order valence-electron chi connectivity index (χ1n) is 6.04. The molecular weight excluding hydrogens is 240 g/mol. The summed E-state index contributed by atoms with van der Waals surface area (Å²) in [7, 11) is 0. The Bertz CT molecular complexity index is 561. The highest BCUT2D eigenvalue weighted by Crippen LogP contribution is 2.22. The van der Waals surface area contributed by atoms with Gasteiger partial charge in [0.05, 0.1) is 5.92 Å². The molecule has 3 heteroatoms. The molecule has 0 aliphatic rings. The zero-order chi connectivity index (χ0) is 13.7. The maximum Gasteiger partial charge on any atom is 0.311 e. The average Bonchev–Trinajstić information content (AvgIpc) is 2.46. The second-order valence-corrected chi connectivity index (χ2v) is 4.29. The second-order valence-electron chi connectivity index (χ2n) is 4.29. The predicted octanol–water partition coefficient (Wildman–Crippen LogP) is 3.13. The van der Waals surface area contributed by atoms with Crippen molar-refractivity contribution in [1.29, 1.82) is 0 Å². The second kappa shape index (κ2) is 5.96. The van der Waals surface area contributed by atoms with Gasteiger partial charge in [-0.15, -0.1) is 0 Å². The zero-order valence-electron chi connectivity index (χ0n) is 10.3. The Balaban J connectivity index is 2.19. The van der Waals surface area contributed by atoms with E-state index in [9.17, 15) is 14.7 Å². The molecule has 0 amide bonds. The highest BCUT2D eigenvalue weighted by molar-refractivity contribution is 5.99. The van der Waals surface area contributed by atoms with Crippen LogP contribution in [0.25, 0.3) is 0 Å². The number of Topliss-reactive ketones (excluding diaryl/α,β-unsaturated/α-hetero) is 1. The van der Waals surface area contributed by atoms with Gasteiger partial charge in [0.1, 0.15) is 0 Å². The summed E-state index contributed by atoms with van der Waals surface area (Å²) in [4.78, 5) is 23.4. The molecule has 0 spiro atoms. The lowest BCUT2D eigenvalue weighted by Crippen LogP contribution is -2.16. The number of carbonyl (C=O) groups is 2. The third-order valence-electron chi connectivity index (χ3n) is 2.99. The lowest BCUT2D eigenvalue weighted by molar-refractivity contribution is -0.138. The molecule has 0 saturated carbocycles. The van der Waals surface area contributed by atoms with Crippen LogP contribution in [0.1, 0.15) is 28.3 Å². The number of benzene rings is 2. The minimum absolute atomic E-state index is 0.0244. The van der Waals surface area contributed by atoms with Crippen molar-refractivity contribution in [2.45, 2.75) is 12.3 Å².